The van der Waals surface area contributed by atoms with Gasteiger partial charge in [0.1, 0.15) is 0 Å². The highest BCUT2D eigenvalue weighted by Crippen LogP contribution is 2.11. The van der Waals surface area contributed by atoms with Gasteiger partial charge in [-0.25, -0.2) is 13.6 Å². The Hall–Kier alpha value is -1.21. The smallest absolute Gasteiger partial charge is 0.238 e. The Labute approximate surface area is 133 Å². The van der Waals surface area contributed by atoms with Crippen molar-refractivity contribution in [1.82, 2.24) is 5.32 Å². The van der Waals surface area contributed by atoms with E-state index in [2.05, 4.69) is 33.4 Å². The fraction of sp³-hybridized carbons (Fsp3) is 0.200. The van der Waals surface area contributed by atoms with Crippen molar-refractivity contribution in [3.05, 3.63) is 64.1 Å². The summed E-state index contributed by atoms with van der Waals surface area (Å²) in [5, 5.41) is 8.42. The molecule has 0 saturated heterocycles. The van der Waals surface area contributed by atoms with Crippen LogP contribution < -0.4 is 10.5 Å². The topological polar surface area (TPSA) is 72.2 Å². The fourth-order valence-electron chi connectivity index (χ4n) is 1.91. The van der Waals surface area contributed by atoms with Crippen molar-refractivity contribution in [2.75, 3.05) is 6.54 Å². The highest BCUT2D eigenvalue weighted by molar-refractivity contribution is 9.10. The maximum atomic E-state index is 11.1. The summed E-state index contributed by atoms with van der Waals surface area (Å²) in [4.78, 5) is 0.147. The predicted molar refractivity (Wildman–Crippen MR) is 87.4 cm³/mol. The van der Waals surface area contributed by atoms with E-state index >= 15 is 0 Å². The second-order valence-electron chi connectivity index (χ2n) is 4.74. The number of nitrogens with one attached hydrogen (secondary N) is 1. The van der Waals surface area contributed by atoms with Crippen LogP contribution in [0.2, 0.25) is 0 Å². The number of sulfonamides is 1. The molecule has 2 aromatic rings. The van der Waals surface area contributed by atoms with Crippen molar-refractivity contribution < 1.29 is 8.42 Å². The summed E-state index contributed by atoms with van der Waals surface area (Å²) >= 11 is 3.41. The minimum Gasteiger partial charge on any atom is -0.312 e. The van der Waals surface area contributed by atoms with Crippen molar-refractivity contribution in [3.63, 3.8) is 0 Å². The van der Waals surface area contributed by atoms with Crippen molar-refractivity contribution >= 4 is 26.0 Å². The van der Waals surface area contributed by atoms with E-state index in [-0.39, 0.29) is 4.90 Å². The summed E-state index contributed by atoms with van der Waals surface area (Å²) in [5.41, 5.74) is 2.30. The zero-order valence-corrected chi connectivity index (χ0v) is 13.8. The fourth-order valence-corrected chi connectivity index (χ4v) is 2.69. The molecule has 0 aliphatic rings. The Bertz CT molecular complexity index is 683. The van der Waals surface area contributed by atoms with E-state index in [1.807, 2.05) is 12.1 Å². The first kappa shape index (κ1) is 16.2. The van der Waals surface area contributed by atoms with Gasteiger partial charge in [0, 0.05) is 11.0 Å². The van der Waals surface area contributed by atoms with Crippen LogP contribution in [0.5, 0.6) is 0 Å². The van der Waals surface area contributed by atoms with Gasteiger partial charge in [-0.15, -0.1) is 0 Å². The lowest BCUT2D eigenvalue weighted by Gasteiger charge is -2.06. The predicted octanol–water partition coefficient (Wildman–Crippen LogP) is 2.43. The van der Waals surface area contributed by atoms with Gasteiger partial charge in [-0.05, 0) is 48.4 Å². The Morgan fingerprint density at radius 2 is 1.52 bits per heavy atom. The first-order chi connectivity index (χ1) is 9.95. The first-order valence-electron chi connectivity index (χ1n) is 6.52. The highest BCUT2D eigenvalue weighted by Gasteiger charge is 2.06. The van der Waals surface area contributed by atoms with Gasteiger partial charge < -0.3 is 5.32 Å². The van der Waals surface area contributed by atoms with Crippen molar-refractivity contribution in [2.24, 2.45) is 5.14 Å². The number of primary sulfonamides is 1. The second-order valence-corrected chi connectivity index (χ2v) is 7.22. The molecule has 6 heteroatoms. The number of benzene rings is 2. The molecule has 2 aromatic carbocycles. The van der Waals surface area contributed by atoms with E-state index in [0.29, 0.717) is 0 Å². The molecule has 4 nitrogen and oxygen atoms in total. The highest BCUT2D eigenvalue weighted by atomic mass is 79.9. The van der Waals surface area contributed by atoms with Crippen molar-refractivity contribution in [1.29, 1.82) is 0 Å². The summed E-state index contributed by atoms with van der Waals surface area (Å²) in [5.74, 6) is 0. The molecule has 0 aliphatic carbocycles. The van der Waals surface area contributed by atoms with Gasteiger partial charge in [-0.2, -0.15) is 0 Å². The van der Waals surface area contributed by atoms with Crippen LogP contribution in [0.1, 0.15) is 11.1 Å². The summed E-state index contributed by atoms with van der Waals surface area (Å²) in [7, 11) is -3.60. The van der Waals surface area contributed by atoms with Crippen LogP contribution in [0, 0.1) is 0 Å². The van der Waals surface area contributed by atoms with Crippen LogP contribution >= 0.6 is 15.9 Å². The largest absolute Gasteiger partial charge is 0.312 e. The van der Waals surface area contributed by atoms with Crippen LogP contribution in [-0.2, 0) is 23.0 Å². The molecule has 0 aliphatic heterocycles. The van der Waals surface area contributed by atoms with Crippen molar-refractivity contribution in [3.8, 4) is 0 Å². The van der Waals surface area contributed by atoms with Crippen LogP contribution in [0.25, 0.3) is 0 Å². The van der Waals surface area contributed by atoms with Gasteiger partial charge in [-0.3, -0.25) is 0 Å². The SMILES string of the molecule is NS(=O)(=O)c1ccc(CCNCc2ccc(Br)cc2)cc1. The molecular weight excluding hydrogens is 352 g/mol. The number of hydrogen-bond acceptors (Lipinski definition) is 3. The molecule has 0 bridgehead atoms. The molecule has 0 heterocycles. The van der Waals surface area contributed by atoms with E-state index < -0.39 is 10.0 Å². The molecule has 0 radical (unpaired) electrons. The molecule has 0 fully saturated rings. The summed E-state index contributed by atoms with van der Waals surface area (Å²) < 4.78 is 23.4. The quantitative estimate of drug-likeness (QED) is 0.769. The summed E-state index contributed by atoms with van der Waals surface area (Å²) in [6, 6.07) is 14.8. The maximum Gasteiger partial charge on any atom is 0.238 e. The van der Waals surface area contributed by atoms with E-state index in [4.69, 9.17) is 5.14 Å². The molecule has 0 atom stereocenters. The first-order valence-corrected chi connectivity index (χ1v) is 8.86. The summed E-state index contributed by atoms with van der Waals surface area (Å²) in [6.45, 7) is 1.63. The standard InChI is InChI=1S/C15H17BrN2O2S/c16-14-5-1-13(2-6-14)11-18-10-9-12-3-7-15(8-4-12)21(17,19)20/h1-8,18H,9-11H2,(H2,17,19,20). The van der Waals surface area contributed by atoms with E-state index in [0.717, 1.165) is 29.5 Å². The normalized spacial score (nSPS) is 11.5. The van der Waals surface area contributed by atoms with Gasteiger partial charge in [-0.1, -0.05) is 40.2 Å². The minimum absolute atomic E-state index is 0.147. The molecule has 21 heavy (non-hydrogen) atoms. The third-order valence-electron chi connectivity index (χ3n) is 3.08. The van der Waals surface area contributed by atoms with Gasteiger partial charge in [0.25, 0.3) is 0 Å². The molecule has 0 unspecified atom stereocenters. The van der Waals surface area contributed by atoms with Crippen LogP contribution in [0.4, 0.5) is 0 Å². The van der Waals surface area contributed by atoms with E-state index in [1.54, 1.807) is 24.3 Å². The van der Waals surface area contributed by atoms with E-state index in [1.165, 1.54) is 5.56 Å². The maximum absolute atomic E-state index is 11.1. The Morgan fingerprint density at radius 3 is 2.10 bits per heavy atom. The average molecular weight is 369 g/mol. The lowest BCUT2D eigenvalue weighted by molar-refractivity contribution is 0.597. The molecule has 0 aromatic heterocycles. The minimum atomic E-state index is -3.60. The Balaban J connectivity index is 1.80. The second kappa shape index (κ2) is 7.17. The molecule has 0 amide bonds. The van der Waals surface area contributed by atoms with E-state index in [9.17, 15) is 8.42 Å². The monoisotopic (exact) mass is 368 g/mol. The number of halogens is 1. The zero-order chi connectivity index (χ0) is 15.3. The zero-order valence-electron chi connectivity index (χ0n) is 11.4. The molecule has 2 rings (SSSR count). The van der Waals surface area contributed by atoms with Crippen LogP contribution in [0.3, 0.4) is 0 Å². The molecule has 0 spiro atoms. The Morgan fingerprint density at radius 1 is 0.952 bits per heavy atom. The van der Waals surface area contributed by atoms with Gasteiger partial charge in [0.2, 0.25) is 10.0 Å². The van der Waals surface area contributed by atoms with Crippen LogP contribution in [-0.4, -0.2) is 15.0 Å². The third-order valence-corrected chi connectivity index (χ3v) is 4.54. The van der Waals surface area contributed by atoms with Crippen LogP contribution in [0.15, 0.2) is 57.9 Å². The third kappa shape index (κ3) is 5.24. The number of nitrogens with two attached hydrogens (primary N) is 1. The average Bonchev–Trinajstić information content (AvgIpc) is 2.45. The molecule has 112 valence electrons. The van der Waals surface area contributed by atoms with Gasteiger partial charge in [0.05, 0.1) is 4.90 Å². The lowest BCUT2D eigenvalue weighted by Crippen LogP contribution is -2.16. The molecule has 0 saturated carbocycles. The van der Waals surface area contributed by atoms with Gasteiger partial charge >= 0.3 is 0 Å². The molecular formula is C15H17BrN2O2S. The summed E-state index contributed by atoms with van der Waals surface area (Å²) in [6.07, 6.45) is 0.835. The molecule has 3 N–H and O–H groups in total. The number of hydrogen-bond donors (Lipinski definition) is 2. The number of rotatable bonds is 6. The lowest BCUT2D eigenvalue weighted by atomic mass is 10.1. The van der Waals surface area contributed by atoms with Gasteiger partial charge in [0.15, 0.2) is 0 Å². The van der Waals surface area contributed by atoms with Crippen molar-refractivity contribution in [2.45, 2.75) is 17.9 Å². The Kier molecular flexibility index (Phi) is 5.52.